The lowest BCUT2D eigenvalue weighted by atomic mass is 10.2. The molecule has 0 spiro atoms. The second kappa shape index (κ2) is 5.68. The summed E-state index contributed by atoms with van der Waals surface area (Å²) in [6, 6.07) is 5.85. The third kappa shape index (κ3) is 2.93. The van der Waals surface area contributed by atoms with E-state index in [2.05, 4.69) is 0 Å². The van der Waals surface area contributed by atoms with Crippen LogP contribution < -0.4 is 10.5 Å². The molecule has 0 unspecified atom stereocenters. The van der Waals surface area contributed by atoms with Crippen LogP contribution in [-0.2, 0) is 0 Å². The van der Waals surface area contributed by atoms with E-state index in [1.54, 1.807) is 6.07 Å². The van der Waals surface area contributed by atoms with Crippen LogP contribution in [0.25, 0.3) is 0 Å². The van der Waals surface area contributed by atoms with E-state index in [0.717, 1.165) is 0 Å². The van der Waals surface area contributed by atoms with Gasteiger partial charge in [-0.2, -0.15) is 5.26 Å². The highest BCUT2D eigenvalue weighted by atomic mass is 16.6. The molecule has 0 aromatic heterocycles. The molecule has 1 aromatic carbocycles. The third-order valence-electron chi connectivity index (χ3n) is 1.90. The number of benzene rings is 1. The van der Waals surface area contributed by atoms with E-state index in [0.29, 0.717) is 25.3 Å². The van der Waals surface area contributed by atoms with Gasteiger partial charge in [-0.05, 0) is 19.0 Å². The first-order chi connectivity index (χ1) is 7.69. The van der Waals surface area contributed by atoms with Crippen LogP contribution in [0.15, 0.2) is 18.2 Å². The van der Waals surface area contributed by atoms with Crippen molar-refractivity contribution in [2.75, 3.05) is 13.2 Å². The summed E-state index contributed by atoms with van der Waals surface area (Å²) in [7, 11) is 0. The van der Waals surface area contributed by atoms with Crippen LogP contribution in [0.5, 0.6) is 5.75 Å². The molecule has 1 aromatic rings. The Kier molecular flexibility index (Phi) is 4.24. The zero-order valence-corrected chi connectivity index (χ0v) is 8.55. The molecule has 6 nitrogen and oxygen atoms in total. The summed E-state index contributed by atoms with van der Waals surface area (Å²) in [5.41, 5.74) is 5.07. The summed E-state index contributed by atoms with van der Waals surface area (Å²) in [4.78, 5) is 9.95. The van der Waals surface area contributed by atoms with Crippen LogP contribution in [0.3, 0.4) is 0 Å². The van der Waals surface area contributed by atoms with Gasteiger partial charge in [-0.25, -0.2) is 0 Å². The number of nitriles is 1. The average molecular weight is 221 g/mol. The number of nitro benzene ring substituents is 1. The van der Waals surface area contributed by atoms with Crippen molar-refractivity contribution >= 4 is 5.69 Å². The first-order valence-electron chi connectivity index (χ1n) is 4.70. The van der Waals surface area contributed by atoms with Crippen molar-refractivity contribution in [2.45, 2.75) is 6.42 Å². The Morgan fingerprint density at radius 1 is 1.56 bits per heavy atom. The second-order valence-corrected chi connectivity index (χ2v) is 3.04. The zero-order valence-electron chi connectivity index (χ0n) is 8.55. The van der Waals surface area contributed by atoms with Crippen molar-refractivity contribution in [3.05, 3.63) is 33.9 Å². The van der Waals surface area contributed by atoms with Crippen LogP contribution in [0.2, 0.25) is 0 Å². The van der Waals surface area contributed by atoms with Gasteiger partial charge in [-0.3, -0.25) is 10.1 Å². The van der Waals surface area contributed by atoms with Gasteiger partial charge in [0.15, 0.2) is 0 Å². The van der Waals surface area contributed by atoms with E-state index in [1.807, 2.05) is 0 Å². The van der Waals surface area contributed by atoms with Gasteiger partial charge in [0.2, 0.25) is 0 Å². The molecule has 0 amide bonds. The number of hydrogen-bond acceptors (Lipinski definition) is 5. The summed E-state index contributed by atoms with van der Waals surface area (Å²) in [6.07, 6.45) is 0.693. The molecule has 6 heteroatoms. The maximum atomic E-state index is 10.5. The second-order valence-electron chi connectivity index (χ2n) is 3.04. The molecule has 84 valence electrons. The van der Waals surface area contributed by atoms with E-state index >= 15 is 0 Å². The molecule has 0 fully saturated rings. The summed E-state index contributed by atoms with van der Waals surface area (Å²) < 4.78 is 5.27. The number of hydrogen-bond donors (Lipinski definition) is 1. The molecule has 0 heterocycles. The number of nitro groups is 1. The van der Waals surface area contributed by atoms with Gasteiger partial charge < -0.3 is 10.5 Å². The van der Waals surface area contributed by atoms with Crippen LogP contribution in [0, 0.1) is 21.4 Å². The van der Waals surface area contributed by atoms with Crippen molar-refractivity contribution in [1.29, 1.82) is 5.26 Å². The lowest BCUT2D eigenvalue weighted by molar-refractivity contribution is -0.385. The molecular weight excluding hydrogens is 210 g/mol. The monoisotopic (exact) mass is 221 g/mol. The van der Waals surface area contributed by atoms with Crippen LogP contribution in [-0.4, -0.2) is 18.1 Å². The minimum absolute atomic E-state index is 0.00440. The Morgan fingerprint density at radius 2 is 2.31 bits per heavy atom. The highest BCUT2D eigenvalue weighted by Gasteiger charge is 2.13. The molecule has 2 N–H and O–H groups in total. The predicted octanol–water partition coefficient (Wildman–Crippen LogP) is 1.19. The molecule has 0 aliphatic carbocycles. The van der Waals surface area contributed by atoms with Gasteiger partial charge in [-0.15, -0.1) is 0 Å². The molecule has 0 saturated heterocycles. The minimum Gasteiger partial charge on any atom is -0.493 e. The van der Waals surface area contributed by atoms with E-state index in [9.17, 15) is 10.1 Å². The first kappa shape index (κ1) is 11.9. The molecule has 1 rings (SSSR count). The van der Waals surface area contributed by atoms with Crippen molar-refractivity contribution in [3.8, 4) is 11.8 Å². The maximum Gasteiger partial charge on any atom is 0.287 e. The standard InChI is InChI=1S/C10H11N3O3/c11-4-1-5-16-9-2-3-10(13(14)15)8(6-9)7-12/h2-3,6H,1,4-5,11H2. The molecule has 0 bridgehead atoms. The quantitative estimate of drug-likeness (QED) is 0.457. The maximum absolute atomic E-state index is 10.5. The predicted molar refractivity (Wildman–Crippen MR) is 57.0 cm³/mol. The van der Waals surface area contributed by atoms with Gasteiger partial charge in [0.05, 0.1) is 11.5 Å². The number of ether oxygens (including phenoxy) is 1. The number of nitrogens with zero attached hydrogens (tertiary/aromatic N) is 2. The average Bonchev–Trinajstić information content (AvgIpc) is 2.29. The Bertz CT molecular complexity index is 426. The smallest absolute Gasteiger partial charge is 0.287 e. The van der Waals surface area contributed by atoms with Gasteiger partial charge in [0.1, 0.15) is 17.4 Å². The number of rotatable bonds is 5. The van der Waals surface area contributed by atoms with Gasteiger partial charge in [-0.1, -0.05) is 0 Å². The Labute approximate surface area is 92.4 Å². The van der Waals surface area contributed by atoms with E-state index in [1.165, 1.54) is 18.2 Å². The Balaban J connectivity index is 2.84. The first-order valence-corrected chi connectivity index (χ1v) is 4.70. The molecule has 16 heavy (non-hydrogen) atoms. The summed E-state index contributed by atoms with van der Waals surface area (Å²) in [6.45, 7) is 0.942. The highest BCUT2D eigenvalue weighted by Crippen LogP contribution is 2.23. The van der Waals surface area contributed by atoms with Crippen LogP contribution >= 0.6 is 0 Å². The van der Waals surface area contributed by atoms with Gasteiger partial charge in [0.25, 0.3) is 5.69 Å². The van der Waals surface area contributed by atoms with Crippen molar-refractivity contribution in [2.24, 2.45) is 5.73 Å². The normalized spacial score (nSPS) is 9.50. The van der Waals surface area contributed by atoms with Crippen molar-refractivity contribution in [3.63, 3.8) is 0 Å². The molecule has 0 atom stereocenters. The molecule has 0 aliphatic heterocycles. The fourth-order valence-corrected chi connectivity index (χ4v) is 1.13. The largest absolute Gasteiger partial charge is 0.493 e. The SMILES string of the molecule is N#Cc1cc(OCCCN)ccc1[N+](=O)[O-]. The van der Waals surface area contributed by atoms with Crippen molar-refractivity contribution in [1.82, 2.24) is 0 Å². The van der Waals surface area contributed by atoms with Crippen molar-refractivity contribution < 1.29 is 9.66 Å². The molecule has 0 saturated carbocycles. The van der Waals surface area contributed by atoms with Gasteiger partial charge >= 0.3 is 0 Å². The van der Waals surface area contributed by atoms with E-state index in [-0.39, 0.29) is 11.3 Å². The van der Waals surface area contributed by atoms with Gasteiger partial charge in [0, 0.05) is 12.1 Å². The molecule has 0 radical (unpaired) electrons. The summed E-state index contributed by atoms with van der Waals surface area (Å²) in [5, 5.41) is 19.3. The molecular formula is C10H11N3O3. The van der Waals surface area contributed by atoms with E-state index < -0.39 is 4.92 Å². The summed E-state index contributed by atoms with van der Waals surface area (Å²) >= 11 is 0. The Morgan fingerprint density at radius 3 is 2.88 bits per heavy atom. The fourth-order valence-electron chi connectivity index (χ4n) is 1.13. The van der Waals surface area contributed by atoms with Crippen LogP contribution in [0.4, 0.5) is 5.69 Å². The minimum atomic E-state index is -0.595. The fraction of sp³-hybridized carbons (Fsp3) is 0.300. The lowest BCUT2D eigenvalue weighted by Gasteiger charge is -2.05. The Hall–Kier alpha value is -2.13. The zero-order chi connectivity index (χ0) is 12.0. The molecule has 0 aliphatic rings. The third-order valence-corrected chi connectivity index (χ3v) is 1.90. The topological polar surface area (TPSA) is 102 Å². The lowest BCUT2D eigenvalue weighted by Crippen LogP contribution is -2.06. The number of nitrogens with two attached hydrogens (primary N) is 1. The van der Waals surface area contributed by atoms with E-state index in [4.69, 9.17) is 15.7 Å². The highest BCUT2D eigenvalue weighted by molar-refractivity contribution is 5.52. The summed E-state index contributed by atoms with van der Waals surface area (Å²) in [5.74, 6) is 0.440. The van der Waals surface area contributed by atoms with Crippen LogP contribution in [0.1, 0.15) is 12.0 Å².